The van der Waals surface area contributed by atoms with Gasteiger partial charge in [0.1, 0.15) is 17.7 Å². The second-order valence-corrected chi connectivity index (χ2v) is 9.84. The van der Waals surface area contributed by atoms with Crippen LogP contribution in [0.1, 0.15) is 46.0 Å². The summed E-state index contributed by atoms with van der Waals surface area (Å²) in [4.78, 5) is 0. The van der Waals surface area contributed by atoms with Crippen molar-refractivity contribution in [2.45, 2.75) is 63.1 Å². The van der Waals surface area contributed by atoms with Crippen LogP contribution in [0.4, 0.5) is 4.39 Å². The van der Waals surface area contributed by atoms with Crippen LogP contribution in [0.25, 0.3) is 22.4 Å². The van der Waals surface area contributed by atoms with Gasteiger partial charge in [0, 0.05) is 41.6 Å². The third kappa shape index (κ3) is 4.40. The van der Waals surface area contributed by atoms with E-state index in [4.69, 9.17) is 9.47 Å². The topological polar surface area (TPSA) is 102 Å². The minimum atomic E-state index is -0.624. The number of nitrogens with one attached hydrogen (secondary N) is 1. The molecule has 34 heavy (non-hydrogen) atoms. The summed E-state index contributed by atoms with van der Waals surface area (Å²) in [5.41, 5.74) is 1.34. The van der Waals surface area contributed by atoms with Crippen LogP contribution < -0.4 is 14.8 Å². The molecule has 0 amide bonds. The number of piperidine rings is 2. The summed E-state index contributed by atoms with van der Waals surface area (Å²) in [7, 11) is 1.47. The molecule has 3 aromatic rings. The molecule has 0 saturated carbocycles. The first-order valence-corrected chi connectivity index (χ1v) is 11.5. The van der Waals surface area contributed by atoms with E-state index < -0.39 is 5.82 Å². The van der Waals surface area contributed by atoms with E-state index in [2.05, 4.69) is 39.6 Å². The van der Waals surface area contributed by atoms with Gasteiger partial charge in [0.15, 0.2) is 0 Å². The lowest BCUT2D eigenvalue weighted by atomic mass is 9.70. The van der Waals surface area contributed by atoms with Gasteiger partial charge in [-0.25, -0.2) is 4.39 Å². The number of nitrogens with zero attached hydrogens (tertiary/aromatic N) is 4. The number of benzene rings is 1. The Morgan fingerprint density at radius 2 is 1.76 bits per heavy atom. The van der Waals surface area contributed by atoms with E-state index in [1.165, 1.54) is 31.9 Å². The van der Waals surface area contributed by atoms with Gasteiger partial charge in [0.05, 0.1) is 24.6 Å². The fourth-order valence-corrected chi connectivity index (χ4v) is 5.49. The molecule has 1 aromatic carbocycles. The van der Waals surface area contributed by atoms with Crippen LogP contribution in [0.5, 0.6) is 17.5 Å². The van der Waals surface area contributed by atoms with Gasteiger partial charge in [-0.05, 0) is 56.9 Å². The van der Waals surface area contributed by atoms with Crippen LogP contribution in [-0.4, -0.2) is 49.8 Å². The second kappa shape index (κ2) is 8.47. The molecule has 1 unspecified atom stereocenters. The molecule has 2 bridgehead atoms. The van der Waals surface area contributed by atoms with Crippen molar-refractivity contribution in [2.75, 3.05) is 7.11 Å². The van der Waals surface area contributed by atoms with Crippen molar-refractivity contribution in [1.82, 2.24) is 25.7 Å². The summed E-state index contributed by atoms with van der Waals surface area (Å²) < 4.78 is 26.3. The molecule has 9 heteroatoms. The molecule has 0 spiro atoms. The summed E-state index contributed by atoms with van der Waals surface area (Å²) >= 11 is 0. The Bertz CT molecular complexity index is 1170. The third-order valence-corrected chi connectivity index (χ3v) is 6.84. The number of methoxy groups -OCH3 is 1. The van der Waals surface area contributed by atoms with Gasteiger partial charge in [0.2, 0.25) is 11.8 Å². The van der Waals surface area contributed by atoms with E-state index in [9.17, 15) is 5.11 Å². The average Bonchev–Trinajstić information content (AvgIpc) is 2.78. The highest BCUT2D eigenvalue weighted by Gasteiger charge is 2.46. The predicted octanol–water partition coefficient (Wildman–Crippen LogP) is 4.29. The Morgan fingerprint density at radius 1 is 1.00 bits per heavy atom. The largest absolute Gasteiger partial charge is 0.507 e. The fourth-order valence-electron chi connectivity index (χ4n) is 5.49. The molecule has 8 nitrogen and oxygen atoms in total. The molecular weight excluding hydrogens is 437 g/mol. The maximum Gasteiger partial charge on any atom is 0.233 e. The van der Waals surface area contributed by atoms with Gasteiger partial charge in [-0.1, -0.05) is 0 Å². The Hall–Kier alpha value is -3.33. The number of hydrogen-bond donors (Lipinski definition) is 2. The van der Waals surface area contributed by atoms with Crippen molar-refractivity contribution in [3.05, 3.63) is 42.3 Å². The summed E-state index contributed by atoms with van der Waals surface area (Å²) in [6.07, 6.45) is 6.79. The maximum absolute atomic E-state index is 15.0. The summed E-state index contributed by atoms with van der Waals surface area (Å²) in [6.45, 7) is 4.50. The number of phenols is 1. The van der Waals surface area contributed by atoms with Gasteiger partial charge in [-0.2, -0.15) is 5.10 Å². The zero-order valence-electron chi connectivity index (χ0n) is 19.5. The number of phenolic OH excluding ortho intramolecular Hbond substituents is 1. The van der Waals surface area contributed by atoms with E-state index in [1.807, 2.05) is 0 Å². The molecule has 2 N–H and O–H groups in total. The minimum Gasteiger partial charge on any atom is -0.507 e. The molecule has 2 aliphatic rings. The lowest BCUT2D eigenvalue weighted by Gasteiger charge is -2.53. The predicted molar refractivity (Wildman–Crippen MR) is 124 cm³/mol. The molecular formula is C25H28FN5O3. The average molecular weight is 466 g/mol. The molecule has 2 aliphatic heterocycles. The standard InChI is InChI=1S/C25H28FN5O3/c1-24-7-4-8-25(2,31-24)13-17(12-24)34-21-6-5-19(28-30-21)23-18(26)9-15(10-20(23)32)16-11-22(33-3)29-27-14-16/h5-6,9-11,14,17,31-32H,4,7-8,12-13H2,1-3H3/t17?,24-,25+. The monoisotopic (exact) mass is 465 g/mol. The van der Waals surface area contributed by atoms with Crippen molar-refractivity contribution in [1.29, 1.82) is 0 Å². The van der Waals surface area contributed by atoms with Crippen molar-refractivity contribution < 1.29 is 19.0 Å². The van der Waals surface area contributed by atoms with Crippen LogP contribution >= 0.6 is 0 Å². The summed E-state index contributed by atoms with van der Waals surface area (Å²) in [6, 6.07) is 7.67. The number of ether oxygens (including phenoxy) is 2. The van der Waals surface area contributed by atoms with Crippen LogP contribution in [0.2, 0.25) is 0 Å². The lowest BCUT2D eigenvalue weighted by molar-refractivity contribution is 0.00726. The highest BCUT2D eigenvalue weighted by Crippen LogP contribution is 2.41. The van der Waals surface area contributed by atoms with Gasteiger partial charge in [-0.3, -0.25) is 0 Å². The molecule has 4 heterocycles. The van der Waals surface area contributed by atoms with Crippen LogP contribution in [-0.2, 0) is 0 Å². The first kappa shape index (κ1) is 22.5. The number of aromatic nitrogens is 4. The highest BCUT2D eigenvalue weighted by atomic mass is 19.1. The summed E-state index contributed by atoms with van der Waals surface area (Å²) in [5, 5.41) is 30.3. The van der Waals surface area contributed by atoms with E-state index in [-0.39, 0.29) is 34.2 Å². The second-order valence-electron chi connectivity index (χ2n) is 9.84. The van der Waals surface area contributed by atoms with Crippen molar-refractivity contribution in [2.24, 2.45) is 0 Å². The highest BCUT2D eigenvalue weighted by molar-refractivity contribution is 5.74. The Labute approximate surface area is 197 Å². The SMILES string of the molecule is COc1cc(-c2cc(O)c(-c3ccc(OC4C[C@]5(C)CCC[C@](C)(C4)N5)nn3)c(F)c2)cnn1. The normalized spacial score (nSPS) is 26.2. The van der Waals surface area contributed by atoms with Crippen molar-refractivity contribution in [3.63, 3.8) is 0 Å². The quantitative estimate of drug-likeness (QED) is 0.576. The van der Waals surface area contributed by atoms with Gasteiger partial charge >= 0.3 is 0 Å². The zero-order chi connectivity index (χ0) is 23.9. The zero-order valence-corrected chi connectivity index (χ0v) is 19.5. The van der Waals surface area contributed by atoms with Crippen LogP contribution in [0.3, 0.4) is 0 Å². The summed E-state index contributed by atoms with van der Waals surface area (Å²) in [5.74, 6) is -0.183. The maximum atomic E-state index is 15.0. The molecule has 0 aliphatic carbocycles. The van der Waals surface area contributed by atoms with Gasteiger partial charge in [0.25, 0.3) is 0 Å². The van der Waals surface area contributed by atoms with E-state index in [1.54, 1.807) is 18.2 Å². The Morgan fingerprint density at radius 3 is 2.41 bits per heavy atom. The van der Waals surface area contributed by atoms with Crippen LogP contribution in [0, 0.1) is 5.82 Å². The van der Waals surface area contributed by atoms with Crippen molar-refractivity contribution >= 4 is 0 Å². The first-order chi connectivity index (χ1) is 16.3. The van der Waals surface area contributed by atoms with Crippen LogP contribution in [0.15, 0.2) is 36.5 Å². The number of hydrogen-bond acceptors (Lipinski definition) is 8. The molecule has 2 fully saturated rings. The molecule has 2 saturated heterocycles. The lowest BCUT2D eigenvalue weighted by Crippen LogP contribution is -2.65. The van der Waals surface area contributed by atoms with E-state index >= 15 is 4.39 Å². The van der Waals surface area contributed by atoms with E-state index in [0.717, 1.165) is 25.7 Å². The van der Waals surface area contributed by atoms with Crippen molar-refractivity contribution in [3.8, 4) is 39.9 Å². The fraction of sp³-hybridized carbons (Fsp3) is 0.440. The smallest absolute Gasteiger partial charge is 0.233 e. The van der Waals surface area contributed by atoms with E-state index in [0.29, 0.717) is 22.9 Å². The first-order valence-electron chi connectivity index (χ1n) is 11.5. The molecule has 178 valence electrons. The molecule has 0 radical (unpaired) electrons. The van der Waals surface area contributed by atoms with Gasteiger partial charge in [-0.15, -0.1) is 15.3 Å². The number of halogens is 1. The van der Waals surface area contributed by atoms with Gasteiger partial charge < -0.3 is 19.9 Å². The number of aromatic hydroxyl groups is 1. The number of rotatable bonds is 5. The Kier molecular flexibility index (Phi) is 5.59. The Balaban J connectivity index is 1.35. The molecule has 2 aromatic heterocycles. The number of fused-ring (bicyclic) bond motifs is 2. The third-order valence-electron chi connectivity index (χ3n) is 6.84. The minimum absolute atomic E-state index is 0.0202. The molecule has 5 rings (SSSR count). The molecule has 3 atom stereocenters.